The second-order valence-electron chi connectivity index (χ2n) is 3.84. The highest BCUT2D eigenvalue weighted by molar-refractivity contribution is 7.15. The van der Waals surface area contributed by atoms with Gasteiger partial charge < -0.3 is 5.32 Å². The van der Waals surface area contributed by atoms with E-state index in [0.717, 1.165) is 17.8 Å². The smallest absolute Gasteiger partial charge is 0.312 e. The number of thiazole rings is 2. The van der Waals surface area contributed by atoms with Crippen LogP contribution < -0.4 is 5.32 Å². The third-order valence-electron chi connectivity index (χ3n) is 2.33. The van der Waals surface area contributed by atoms with Crippen molar-refractivity contribution in [3.63, 3.8) is 0 Å². The monoisotopic (exact) mass is 307 g/mol. The molecular weight excluding hydrogens is 295 g/mol. The Morgan fingerprint density at radius 2 is 2.16 bits per heavy atom. The Balaban J connectivity index is 2.29. The molecule has 0 aliphatic heterocycles. The van der Waals surface area contributed by atoms with Gasteiger partial charge in [-0.1, -0.05) is 6.92 Å². The minimum atomic E-state index is -4.42. The van der Waals surface area contributed by atoms with E-state index in [1.165, 1.54) is 11.3 Å². The van der Waals surface area contributed by atoms with Gasteiger partial charge in [0.2, 0.25) is 0 Å². The minimum Gasteiger partial charge on any atom is -0.312 e. The SMILES string of the molecule is CCCNCc1sc(-c2cscn2)nc1C(F)(F)F. The molecule has 0 radical (unpaired) electrons. The van der Waals surface area contributed by atoms with Crippen molar-refractivity contribution >= 4 is 22.7 Å². The number of hydrogen-bond acceptors (Lipinski definition) is 5. The molecular formula is C11H12F3N3S2. The average Bonchev–Trinajstić information content (AvgIpc) is 2.96. The number of hydrogen-bond donors (Lipinski definition) is 1. The lowest BCUT2D eigenvalue weighted by Gasteiger charge is -2.06. The summed E-state index contributed by atoms with van der Waals surface area (Å²) in [5.74, 6) is 0. The van der Waals surface area contributed by atoms with E-state index in [-0.39, 0.29) is 11.4 Å². The molecule has 0 bridgehead atoms. The van der Waals surface area contributed by atoms with Crippen molar-refractivity contribution in [1.29, 1.82) is 0 Å². The molecule has 0 amide bonds. The van der Waals surface area contributed by atoms with Crippen LogP contribution in [-0.4, -0.2) is 16.5 Å². The van der Waals surface area contributed by atoms with E-state index in [9.17, 15) is 13.2 Å². The minimum absolute atomic E-state index is 0.185. The lowest BCUT2D eigenvalue weighted by atomic mass is 10.3. The van der Waals surface area contributed by atoms with Gasteiger partial charge in [0.25, 0.3) is 0 Å². The molecule has 19 heavy (non-hydrogen) atoms. The van der Waals surface area contributed by atoms with Gasteiger partial charge in [-0.2, -0.15) is 13.2 Å². The molecule has 0 saturated heterocycles. The number of nitrogens with zero attached hydrogens (tertiary/aromatic N) is 2. The maximum absolute atomic E-state index is 12.9. The zero-order chi connectivity index (χ0) is 13.9. The zero-order valence-electron chi connectivity index (χ0n) is 10.1. The summed E-state index contributed by atoms with van der Waals surface area (Å²) in [6.07, 6.45) is -3.55. The van der Waals surface area contributed by atoms with E-state index < -0.39 is 11.9 Å². The molecule has 2 aromatic heterocycles. The second-order valence-corrected chi connectivity index (χ2v) is 5.64. The Bertz CT molecular complexity index is 520. The predicted octanol–water partition coefficient (Wildman–Crippen LogP) is 3.79. The molecule has 0 fully saturated rings. The highest BCUT2D eigenvalue weighted by Gasteiger charge is 2.37. The summed E-state index contributed by atoms with van der Waals surface area (Å²) >= 11 is 2.38. The molecule has 0 unspecified atom stereocenters. The van der Waals surface area contributed by atoms with Crippen LogP contribution in [0.1, 0.15) is 23.9 Å². The number of rotatable bonds is 5. The summed E-state index contributed by atoms with van der Waals surface area (Å²) in [6.45, 7) is 2.83. The standard InChI is InChI=1S/C11H12F3N3S2/c1-2-3-15-4-8-9(11(12,13)14)17-10(19-8)7-5-18-6-16-7/h5-6,15H,2-4H2,1H3. The molecule has 0 aliphatic rings. The van der Waals surface area contributed by atoms with Crippen molar-refractivity contribution in [2.45, 2.75) is 26.1 Å². The van der Waals surface area contributed by atoms with E-state index in [0.29, 0.717) is 17.2 Å². The lowest BCUT2D eigenvalue weighted by Crippen LogP contribution is -2.17. The van der Waals surface area contributed by atoms with Crippen LogP contribution in [0.3, 0.4) is 0 Å². The van der Waals surface area contributed by atoms with Crippen molar-refractivity contribution in [2.75, 3.05) is 6.54 Å². The highest BCUT2D eigenvalue weighted by Crippen LogP contribution is 2.37. The number of halogens is 3. The first-order valence-corrected chi connectivity index (χ1v) is 7.44. The summed E-state index contributed by atoms with van der Waals surface area (Å²) in [7, 11) is 0. The number of nitrogens with one attached hydrogen (secondary N) is 1. The van der Waals surface area contributed by atoms with Crippen LogP contribution in [0.15, 0.2) is 10.9 Å². The fourth-order valence-electron chi connectivity index (χ4n) is 1.50. The first-order valence-electron chi connectivity index (χ1n) is 5.68. The summed E-state index contributed by atoms with van der Waals surface area (Å²) in [5, 5.41) is 4.99. The average molecular weight is 307 g/mol. The molecule has 1 N–H and O–H groups in total. The van der Waals surface area contributed by atoms with E-state index >= 15 is 0 Å². The Hall–Kier alpha value is -0.990. The fraction of sp³-hybridized carbons (Fsp3) is 0.455. The van der Waals surface area contributed by atoms with Crippen LogP contribution in [0.2, 0.25) is 0 Å². The molecule has 2 heterocycles. The predicted molar refractivity (Wildman–Crippen MR) is 70.2 cm³/mol. The topological polar surface area (TPSA) is 37.8 Å². The summed E-state index contributed by atoms with van der Waals surface area (Å²) in [5.41, 5.74) is 1.28. The molecule has 2 rings (SSSR count). The first kappa shape index (κ1) is 14.4. The summed E-state index contributed by atoms with van der Waals surface area (Å²) in [6, 6.07) is 0. The van der Waals surface area contributed by atoms with E-state index in [1.807, 2.05) is 6.92 Å². The zero-order valence-corrected chi connectivity index (χ0v) is 11.8. The van der Waals surface area contributed by atoms with Gasteiger partial charge in [0.05, 0.1) is 10.4 Å². The normalized spacial score (nSPS) is 12.0. The van der Waals surface area contributed by atoms with Gasteiger partial charge in [-0.25, -0.2) is 9.97 Å². The van der Waals surface area contributed by atoms with E-state index in [4.69, 9.17) is 0 Å². The Morgan fingerprint density at radius 3 is 2.74 bits per heavy atom. The lowest BCUT2D eigenvalue weighted by molar-refractivity contribution is -0.141. The molecule has 0 spiro atoms. The quantitative estimate of drug-likeness (QED) is 0.854. The van der Waals surface area contributed by atoms with Crippen molar-refractivity contribution in [1.82, 2.24) is 15.3 Å². The van der Waals surface area contributed by atoms with Crippen molar-refractivity contribution < 1.29 is 13.2 Å². The highest BCUT2D eigenvalue weighted by atomic mass is 32.1. The molecule has 3 nitrogen and oxygen atoms in total. The second kappa shape index (κ2) is 5.98. The molecule has 0 atom stereocenters. The van der Waals surface area contributed by atoms with E-state index in [2.05, 4.69) is 15.3 Å². The molecule has 0 saturated carbocycles. The third-order valence-corrected chi connectivity index (χ3v) is 3.99. The molecule has 8 heteroatoms. The summed E-state index contributed by atoms with van der Waals surface area (Å²) < 4.78 is 38.7. The maximum atomic E-state index is 12.9. The van der Waals surface area contributed by atoms with Crippen LogP contribution in [0, 0.1) is 0 Å². The van der Waals surface area contributed by atoms with Crippen molar-refractivity contribution in [3.05, 3.63) is 21.5 Å². The van der Waals surface area contributed by atoms with Gasteiger partial charge in [0.1, 0.15) is 10.7 Å². The van der Waals surface area contributed by atoms with Gasteiger partial charge in [-0.15, -0.1) is 22.7 Å². The van der Waals surface area contributed by atoms with Crippen LogP contribution in [0.4, 0.5) is 13.2 Å². The molecule has 0 aliphatic carbocycles. The molecule has 2 aromatic rings. The maximum Gasteiger partial charge on any atom is 0.434 e. The van der Waals surface area contributed by atoms with Gasteiger partial charge >= 0.3 is 6.18 Å². The van der Waals surface area contributed by atoms with Crippen LogP contribution in [0.5, 0.6) is 0 Å². The number of aromatic nitrogens is 2. The van der Waals surface area contributed by atoms with Crippen LogP contribution in [-0.2, 0) is 12.7 Å². The van der Waals surface area contributed by atoms with Crippen LogP contribution >= 0.6 is 22.7 Å². The molecule has 0 aromatic carbocycles. The number of alkyl halides is 3. The van der Waals surface area contributed by atoms with Gasteiger partial charge in [0, 0.05) is 11.9 Å². The Labute approximate surface area is 116 Å². The van der Waals surface area contributed by atoms with Crippen molar-refractivity contribution in [2.24, 2.45) is 0 Å². The molecule has 104 valence electrons. The van der Waals surface area contributed by atoms with Gasteiger partial charge in [-0.3, -0.25) is 0 Å². The van der Waals surface area contributed by atoms with E-state index in [1.54, 1.807) is 10.9 Å². The van der Waals surface area contributed by atoms with Gasteiger partial charge in [0.15, 0.2) is 5.69 Å². The van der Waals surface area contributed by atoms with Crippen molar-refractivity contribution in [3.8, 4) is 10.7 Å². The largest absolute Gasteiger partial charge is 0.434 e. The third kappa shape index (κ3) is 3.52. The van der Waals surface area contributed by atoms with Gasteiger partial charge in [-0.05, 0) is 13.0 Å². The Kier molecular flexibility index (Phi) is 4.54. The Morgan fingerprint density at radius 1 is 1.37 bits per heavy atom. The van der Waals surface area contributed by atoms with Crippen LogP contribution in [0.25, 0.3) is 10.7 Å². The summed E-state index contributed by atoms with van der Waals surface area (Å²) in [4.78, 5) is 7.91. The fourth-order valence-corrected chi connectivity index (χ4v) is 3.13. The first-order chi connectivity index (χ1) is 9.02.